The first-order chi connectivity index (χ1) is 17.8. The third-order valence-corrected chi connectivity index (χ3v) is 7.76. The van der Waals surface area contributed by atoms with Crippen LogP contribution in [0.1, 0.15) is 42.5 Å². The summed E-state index contributed by atoms with van der Waals surface area (Å²) in [6, 6.07) is 22.7. The summed E-state index contributed by atoms with van der Waals surface area (Å²) in [6.45, 7) is 6.40. The molecule has 0 heterocycles. The van der Waals surface area contributed by atoms with Gasteiger partial charge in [-0.15, -0.1) is 11.8 Å². The molecule has 3 aromatic carbocycles. The van der Waals surface area contributed by atoms with Crippen molar-refractivity contribution in [3.63, 3.8) is 0 Å². The average molecular weight is 558 g/mol. The summed E-state index contributed by atoms with van der Waals surface area (Å²) in [4.78, 5) is 29.0. The van der Waals surface area contributed by atoms with E-state index in [4.69, 9.17) is 23.2 Å². The van der Waals surface area contributed by atoms with Crippen LogP contribution in [0.15, 0.2) is 72.8 Å². The Morgan fingerprint density at radius 1 is 0.973 bits per heavy atom. The first-order valence-electron chi connectivity index (χ1n) is 12.5. The van der Waals surface area contributed by atoms with E-state index in [1.807, 2.05) is 75.4 Å². The summed E-state index contributed by atoms with van der Waals surface area (Å²) in [7, 11) is 0. The van der Waals surface area contributed by atoms with Crippen molar-refractivity contribution < 1.29 is 9.59 Å². The molecule has 7 heteroatoms. The van der Waals surface area contributed by atoms with Gasteiger partial charge in [-0.05, 0) is 49.1 Å². The molecule has 2 amide bonds. The highest BCUT2D eigenvalue weighted by Gasteiger charge is 2.31. The van der Waals surface area contributed by atoms with Gasteiger partial charge in [0, 0.05) is 34.8 Å². The molecule has 196 valence electrons. The maximum atomic E-state index is 13.7. The monoisotopic (exact) mass is 556 g/mol. The lowest BCUT2D eigenvalue weighted by atomic mass is 10.0. The van der Waals surface area contributed by atoms with Crippen LogP contribution in [0.3, 0.4) is 0 Å². The van der Waals surface area contributed by atoms with Crippen molar-refractivity contribution in [2.24, 2.45) is 0 Å². The van der Waals surface area contributed by atoms with Crippen LogP contribution in [0.2, 0.25) is 10.0 Å². The summed E-state index contributed by atoms with van der Waals surface area (Å²) in [5.74, 6) is 0.580. The minimum atomic E-state index is -0.635. The maximum Gasteiger partial charge on any atom is 0.243 e. The Morgan fingerprint density at radius 3 is 2.38 bits per heavy atom. The zero-order valence-corrected chi connectivity index (χ0v) is 23.9. The Labute approximate surface area is 234 Å². The Morgan fingerprint density at radius 2 is 1.70 bits per heavy atom. The third-order valence-electron chi connectivity index (χ3n) is 6.21. The van der Waals surface area contributed by atoms with Gasteiger partial charge in [-0.2, -0.15) is 0 Å². The van der Waals surface area contributed by atoms with Gasteiger partial charge in [0.1, 0.15) is 6.04 Å². The number of halogens is 2. The number of thioether (sulfide) groups is 1. The van der Waals surface area contributed by atoms with E-state index in [9.17, 15) is 9.59 Å². The molecule has 0 saturated heterocycles. The fraction of sp³-hybridized carbons (Fsp3) is 0.333. The Hall–Kier alpha value is -2.47. The van der Waals surface area contributed by atoms with E-state index in [0.29, 0.717) is 28.8 Å². The van der Waals surface area contributed by atoms with Crippen LogP contribution < -0.4 is 5.32 Å². The van der Waals surface area contributed by atoms with E-state index in [0.717, 1.165) is 28.7 Å². The molecule has 3 rings (SSSR count). The van der Waals surface area contributed by atoms with Crippen molar-refractivity contribution in [3.8, 4) is 0 Å². The van der Waals surface area contributed by atoms with Crippen molar-refractivity contribution in [2.75, 3.05) is 5.75 Å². The lowest BCUT2D eigenvalue weighted by Gasteiger charge is -2.32. The molecule has 0 aliphatic heterocycles. The topological polar surface area (TPSA) is 49.4 Å². The van der Waals surface area contributed by atoms with Gasteiger partial charge in [0.25, 0.3) is 0 Å². The van der Waals surface area contributed by atoms with E-state index in [1.165, 1.54) is 11.8 Å². The zero-order chi connectivity index (χ0) is 26.8. The second-order valence-electron chi connectivity index (χ2n) is 9.26. The number of aryl methyl sites for hydroxylation is 1. The fourth-order valence-electron chi connectivity index (χ4n) is 3.97. The number of hydrogen-bond donors (Lipinski definition) is 1. The van der Waals surface area contributed by atoms with Crippen LogP contribution >= 0.6 is 35.0 Å². The van der Waals surface area contributed by atoms with Gasteiger partial charge in [0.2, 0.25) is 11.8 Å². The van der Waals surface area contributed by atoms with E-state index in [-0.39, 0.29) is 23.6 Å². The van der Waals surface area contributed by atoms with E-state index in [1.54, 1.807) is 17.0 Å². The number of hydrogen-bond acceptors (Lipinski definition) is 3. The maximum absolute atomic E-state index is 13.7. The Kier molecular flexibility index (Phi) is 11.4. The van der Waals surface area contributed by atoms with Crippen LogP contribution in [0, 0.1) is 6.92 Å². The predicted molar refractivity (Wildman–Crippen MR) is 156 cm³/mol. The summed E-state index contributed by atoms with van der Waals surface area (Å²) >= 11 is 13.8. The quantitative estimate of drug-likeness (QED) is 0.259. The number of rotatable bonds is 12. The molecule has 0 unspecified atom stereocenters. The smallest absolute Gasteiger partial charge is 0.243 e. The van der Waals surface area contributed by atoms with Gasteiger partial charge in [0.15, 0.2) is 0 Å². The average Bonchev–Trinajstić information content (AvgIpc) is 2.87. The summed E-state index contributed by atoms with van der Waals surface area (Å²) in [5.41, 5.74) is 4.03. The molecule has 0 bridgehead atoms. The minimum Gasteiger partial charge on any atom is -0.352 e. The number of benzene rings is 3. The number of carbonyl (C=O) groups is 2. The van der Waals surface area contributed by atoms with Gasteiger partial charge in [-0.1, -0.05) is 96.4 Å². The molecule has 0 fully saturated rings. The largest absolute Gasteiger partial charge is 0.352 e. The number of carbonyl (C=O) groups excluding carboxylic acids is 2. The molecule has 0 radical (unpaired) electrons. The molecule has 3 aromatic rings. The van der Waals surface area contributed by atoms with Gasteiger partial charge < -0.3 is 10.2 Å². The zero-order valence-electron chi connectivity index (χ0n) is 21.5. The van der Waals surface area contributed by atoms with Crippen LogP contribution in [-0.2, 0) is 28.3 Å². The van der Waals surface area contributed by atoms with Crippen molar-refractivity contribution in [3.05, 3.63) is 105 Å². The Balaban J connectivity index is 1.86. The highest BCUT2D eigenvalue weighted by molar-refractivity contribution is 7.99. The van der Waals surface area contributed by atoms with Gasteiger partial charge >= 0.3 is 0 Å². The predicted octanol–water partition coefficient (Wildman–Crippen LogP) is 7.09. The molecular weight excluding hydrogens is 523 g/mol. The van der Waals surface area contributed by atoms with Gasteiger partial charge in [0.05, 0.1) is 5.75 Å². The molecule has 0 aliphatic rings. The number of nitrogens with one attached hydrogen (secondary N) is 1. The minimum absolute atomic E-state index is 0.0168. The fourth-order valence-corrected chi connectivity index (χ4v) is 5.44. The lowest BCUT2D eigenvalue weighted by Crippen LogP contribution is -2.52. The number of amides is 2. The molecule has 0 saturated carbocycles. The Bertz CT molecular complexity index is 1190. The van der Waals surface area contributed by atoms with Crippen molar-refractivity contribution >= 4 is 46.8 Å². The molecule has 2 atom stereocenters. The second kappa shape index (κ2) is 14.5. The third kappa shape index (κ3) is 9.10. The summed E-state index contributed by atoms with van der Waals surface area (Å²) < 4.78 is 0. The van der Waals surface area contributed by atoms with Crippen molar-refractivity contribution in [2.45, 2.75) is 58.0 Å². The van der Waals surface area contributed by atoms with Crippen LogP contribution in [0.25, 0.3) is 0 Å². The molecule has 37 heavy (non-hydrogen) atoms. The lowest BCUT2D eigenvalue weighted by molar-refractivity contribution is -0.139. The molecule has 0 aromatic heterocycles. The van der Waals surface area contributed by atoms with Crippen LogP contribution in [-0.4, -0.2) is 34.6 Å². The molecule has 4 nitrogen and oxygen atoms in total. The normalized spacial score (nSPS) is 12.6. The number of nitrogens with zero attached hydrogens (tertiary/aromatic N) is 1. The second-order valence-corrected chi connectivity index (χ2v) is 11.1. The molecule has 0 spiro atoms. The van der Waals surface area contributed by atoms with Crippen LogP contribution in [0.4, 0.5) is 0 Å². The van der Waals surface area contributed by atoms with E-state index < -0.39 is 6.04 Å². The van der Waals surface area contributed by atoms with Gasteiger partial charge in [-0.3, -0.25) is 9.59 Å². The van der Waals surface area contributed by atoms with Crippen molar-refractivity contribution in [1.29, 1.82) is 0 Å². The summed E-state index contributed by atoms with van der Waals surface area (Å²) in [6.07, 6.45) is 1.25. The highest BCUT2D eigenvalue weighted by atomic mass is 35.5. The van der Waals surface area contributed by atoms with Gasteiger partial charge in [-0.25, -0.2) is 0 Å². The van der Waals surface area contributed by atoms with E-state index >= 15 is 0 Å². The first-order valence-corrected chi connectivity index (χ1v) is 14.4. The highest BCUT2D eigenvalue weighted by Crippen LogP contribution is 2.25. The van der Waals surface area contributed by atoms with E-state index in [2.05, 4.69) is 11.4 Å². The SMILES string of the molecule is CC[C@H](C)NC(=O)[C@H](Cc1ccccc1)N(Cc1cccc(C)c1)C(=O)CSCc1ccc(Cl)cc1Cl. The summed E-state index contributed by atoms with van der Waals surface area (Å²) in [5, 5.41) is 4.27. The van der Waals surface area contributed by atoms with Crippen LogP contribution in [0.5, 0.6) is 0 Å². The first kappa shape index (κ1) is 29.1. The van der Waals surface area contributed by atoms with Crippen molar-refractivity contribution in [1.82, 2.24) is 10.2 Å². The standard InChI is InChI=1S/C30H34Cl2N2O2S/c1-4-22(3)33-30(36)28(16-23-10-6-5-7-11-23)34(18-24-12-8-9-21(2)15-24)29(35)20-37-19-25-13-14-26(31)17-27(25)32/h5-15,17,22,28H,4,16,18-20H2,1-3H3,(H,33,36)/t22-,28-/m0/s1. The molecule has 1 N–H and O–H groups in total. The molecular formula is C30H34Cl2N2O2S. The molecule has 0 aliphatic carbocycles.